The number of benzene rings is 2. The first kappa shape index (κ1) is 34.4. The van der Waals surface area contributed by atoms with Crippen molar-refractivity contribution in [3.05, 3.63) is 53.6 Å². The average Bonchev–Trinajstić information content (AvgIpc) is 2.95. The molecule has 0 saturated heterocycles. The van der Waals surface area contributed by atoms with Crippen LogP contribution >= 0.6 is 0 Å². The summed E-state index contributed by atoms with van der Waals surface area (Å²) >= 11 is 0. The third-order valence-corrected chi connectivity index (χ3v) is 7.91. The topological polar surface area (TPSA) is 86.2 Å². The van der Waals surface area contributed by atoms with Gasteiger partial charge in [-0.3, -0.25) is 4.79 Å². The van der Waals surface area contributed by atoms with Crippen molar-refractivity contribution in [3.63, 3.8) is 0 Å². The molecule has 2 aromatic rings. The Balaban J connectivity index is 1.98. The summed E-state index contributed by atoms with van der Waals surface area (Å²) < 4.78 is 21.9. The lowest BCUT2D eigenvalue weighted by atomic mass is 9.82. The Morgan fingerprint density at radius 3 is 2.27 bits per heavy atom. The molecule has 0 radical (unpaired) electrons. The van der Waals surface area contributed by atoms with Gasteiger partial charge in [0.1, 0.15) is 5.75 Å². The molecule has 0 aromatic heterocycles. The van der Waals surface area contributed by atoms with Crippen LogP contribution in [0.1, 0.15) is 77.5 Å². The summed E-state index contributed by atoms with van der Waals surface area (Å²) in [4.78, 5) is 13.3. The zero-order valence-corrected chi connectivity index (χ0v) is 26.4. The van der Waals surface area contributed by atoms with Crippen molar-refractivity contribution >= 4 is 5.91 Å². The number of aliphatic hydroxyl groups excluding tert-OH is 1. The van der Waals surface area contributed by atoms with Crippen molar-refractivity contribution in [1.29, 1.82) is 0 Å². The maximum atomic E-state index is 13.3. The highest BCUT2D eigenvalue weighted by Gasteiger charge is 2.27. The van der Waals surface area contributed by atoms with Crippen LogP contribution in [0.2, 0.25) is 0 Å². The quantitative estimate of drug-likeness (QED) is 0.185. The van der Waals surface area contributed by atoms with Crippen LogP contribution < -0.4 is 19.5 Å². The second kappa shape index (κ2) is 17.9. The Bertz CT molecular complexity index is 1040. The van der Waals surface area contributed by atoms with E-state index < -0.39 is 6.10 Å². The van der Waals surface area contributed by atoms with Crippen LogP contribution in [0.4, 0.5) is 0 Å². The molecule has 4 atom stereocenters. The van der Waals surface area contributed by atoms with Crippen LogP contribution in [0.3, 0.4) is 0 Å². The van der Waals surface area contributed by atoms with Crippen LogP contribution in [0.5, 0.6) is 17.2 Å². The van der Waals surface area contributed by atoms with Gasteiger partial charge in [-0.2, -0.15) is 0 Å². The molecule has 0 aliphatic rings. The molecule has 0 saturated carbocycles. The number of hydrogen-bond acceptors (Lipinski definition) is 6. The highest BCUT2D eigenvalue weighted by Crippen LogP contribution is 2.32. The van der Waals surface area contributed by atoms with Gasteiger partial charge >= 0.3 is 0 Å². The fraction of sp³-hybridized carbons (Fsp3) is 0.618. The van der Waals surface area contributed by atoms with Gasteiger partial charge in [-0.05, 0) is 85.8 Å². The first-order chi connectivity index (χ1) is 19.6. The fourth-order valence-electron chi connectivity index (χ4n) is 5.13. The van der Waals surface area contributed by atoms with E-state index in [2.05, 4.69) is 31.3 Å². The third-order valence-electron chi connectivity index (χ3n) is 7.91. The largest absolute Gasteiger partial charge is 0.497 e. The number of hydrogen-bond donors (Lipinski definition) is 2. The van der Waals surface area contributed by atoms with Crippen molar-refractivity contribution in [2.45, 2.75) is 78.9 Å². The number of ether oxygens (including phenoxy) is 4. The lowest BCUT2D eigenvalue weighted by Gasteiger charge is -2.27. The van der Waals surface area contributed by atoms with Crippen LogP contribution in [-0.4, -0.2) is 51.7 Å². The normalized spacial score (nSPS) is 14.4. The minimum atomic E-state index is -0.544. The maximum Gasteiger partial charge on any atom is 0.223 e. The number of carbonyl (C=O) groups is 1. The van der Waals surface area contributed by atoms with E-state index in [1.54, 1.807) is 21.3 Å². The summed E-state index contributed by atoms with van der Waals surface area (Å²) in [5, 5.41) is 14.2. The molecule has 2 N–H and O–H groups in total. The predicted octanol–water partition coefficient (Wildman–Crippen LogP) is 6.61. The van der Waals surface area contributed by atoms with Crippen LogP contribution in [-0.2, 0) is 16.0 Å². The summed E-state index contributed by atoms with van der Waals surface area (Å²) in [6.07, 6.45) is 3.13. The van der Waals surface area contributed by atoms with E-state index in [-0.39, 0.29) is 23.8 Å². The zero-order chi connectivity index (χ0) is 30.4. The molecule has 0 bridgehead atoms. The molecule has 0 aliphatic heterocycles. The van der Waals surface area contributed by atoms with Gasteiger partial charge in [-0.1, -0.05) is 45.9 Å². The third kappa shape index (κ3) is 11.6. The van der Waals surface area contributed by atoms with E-state index in [1.807, 2.05) is 51.1 Å². The number of aliphatic hydroxyl groups is 1. The summed E-state index contributed by atoms with van der Waals surface area (Å²) in [7, 11) is 4.97. The number of nitrogens with one attached hydrogen (secondary N) is 1. The number of methoxy groups -OCH3 is 3. The lowest BCUT2D eigenvalue weighted by molar-refractivity contribution is -0.128. The molecule has 0 unspecified atom stereocenters. The highest BCUT2D eigenvalue weighted by atomic mass is 16.5. The Kier molecular flexibility index (Phi) is 15.0. The van der Waals surface area contributed by atoms with E-state index in [4.69, 9.17) is 18.9 Å². The molecular formula is C34H53NO6. The van der Waals surface area contributed by atoms with Crippen molar-refractivity contribution in [1.82, 2.24) is 5.32 Å². The molecule has 0 fully saturated rings. The fourth-order valence-corrected chi connectivity index (χ4v) is 5.13. The Morgan fingerprint density at radius 2 is 1.63 bits per heavy atom. The minimum absolute atomic E-state index is 0.0222. The standard InChI is InChI=1S/C34H53NO6/c1-23(2)27(19-26-13-16-32(40-8)33(20-26)41-18-10-17-38-6)14-15-29(36)22-31(24(3)4)34(37)35-25(5)28-11-9-12-30(21-28)39-7/h9,11-13,16,20-21,23-25,27,29,31,36H,10,14-15,17-19,22H2,1-8H3,(H,35,37)/t25-,27+,29+,31-/m0/s1. The van der Waals surface area contributed by atoms with Crippen LogP contribution in [0, 0.1) is 23.7 Å². The molecule has 2 aromatic carbocycles. The molecule has 0 heterocycles. The second-order valence-electron chi connectivity index (χ2n) is 11.7. The van der Waals surface area contributed by atoms with E-state index in [0.29, 0.717) is 37.9 Å². The van der Waals surface area contributed by atoms with Gasteiger partial charge in [0.15, 0.2) is 11.5 Å². The average molecular weight is 572 g/mol. The van der Waals surface area contributed by atoms with Crippen molar-refractivity contribution in [3.8, 4) is 17.2 Å². The summed E-state index contributed by atoms with van der Waals surface area (Å²) in [6, 6.07) is 13.7. The van der Waals surface area contributed by atoms with Gasteiger partial charge in [0.05, 0.1) is 33.0 Å². The molecule has 1 amide bonds. The Morgan fingerprint density at radius 1 is 0.878 bits per heavy atom. The number of carbonyl (C=O) groups excluding carboxylic acids is 1. The molecular weight excluding hydrogens is 518 g/mol. The Labute approximate surface area is 247 Å². The van der Waals surface area contributed by atoms with Gasteiger partial charge < -0.3 is 29.4 Å². The summed E-state index contributed by atoms with van der Waals surface area (Å²) in [5.41, 5.74) is 2.18. The summed E-state index contributed by atoms with van der Waals surface area (Å²) in [6.45, 7) is 11.7. The van der Waals surface area contributed by atoms with E-state index in [0.717, 1.165) is 42.1 Å². The van der Waals surface area contributed by atoms with Gasteiger partial charge in [0.25, 0.3) is 0 Å². The van der Waals surface area contributed by atoms with Crippen LogP contribution in [0.25, 0.3) is 0 Å². The SMILES string of the molecule is COCCCOc1cc(C[C@@H](CC[C@@H](O)C[C@H](C(=O)N[C@@H](C)c2cccc(OC)c2)C(C)C)C(C)C)ccc1OC. The maximum absolute atomic E-state index is 13.3. The monoisotopic (exact) mass is 571 g/mol. The Hall–Kier alpha value is -2.77. The van der Waals surface area contributed by atoms with Gasteiger partial charge in [-0.15, -0.1) is 0 Å². The van der Waals surface area contributed by atoms with Crippen molar-refractivity contribution in [2.24, 2.45) is 23.7 Å². The molecule has 7 nitrogen and oxygen atoms in total. The van der Waals surface area contributed by atoms with Crippen molar-refractivity contribution < 1.29 is 28.8 Å². The lowest BCUT2D eigenvalue weighted by Crippen LogP contribution is -2.37. The minimum Gasteiger partial charge on any atom is -0.497 e. The van der Waals surface area contributed by atoms with Crippen LogP contribution in [0.15, 0.2) is 42.5 Å². The molecule has 41 heavy (non-hydrogen) atoms. The van der Waals surface area contributed by atoms with E-state index >= 15 is 0 Å². The van der Waals surface area contributed by atoms with Gasteiger partial charge in [0.2, 0.25) is 5.91 Å². The first-order valence-electron chi connectivity index (χ1n) is 15.0. The number of amides is 1. The molecule has 7 heteroatoms. The van der Waals surface area contributed by atoms with Gasteiger partial charge in [0, 0.05) is 26.1 Å². The molecule has 2 rings (SSSR count). The van der Waals surface area contributed by atoms with E-state index in [1.165, 1.54) is 5.56 Å². The first-order valence-corrected chi connectivity index (χ1v) is 15.0. The number of rotatable bonds is 19. The summed E-state index contributed by atoms with van der Waals surface area (Å²) in [5.74, 6) is 2.89. The van der Waals surface area contributed by atoms with E-state index in [9.17, 15) is 9.90 Å². The predicted molar refractivity (Wildman–Crippen MR) is 165 cm³/mol. The highest BCUT2D eigenvalue weighted by molar-refractivity contribution is 5.79. The van der Waals surface area contributed by atoms with Gasteiger partial charge in [-0.25, -0.2) is 0 Å². The van der Waals surface area contributed by atoms with Crippen molar-refractivity contribution in [2.75, 3.05) is 34.5 Å². The molecule has 0 spiro atoms. The molecule has 230 valence electrons. The molecule has 0 aliphatic carbocycles. The second-order valence-corrected chi connectivity index (χ2v) is 11.7. The zero-order valence-electron chi connectivity index (χ0n) is 26.4. The smallest absolute Gasteiger partial charge is 0.223 e.